The van der Waals surface area contributed by atoms with E-state index < -0.39 is 18.1 Å². The number of hydrogen-bond donors (Lipinski definition) is 2. The van der Waals surface area contributed by atoms with E-state index in [0.717, 1.165) is 17.1 Å². The van der Waals surface area contributed by atoms with Crippen molar-refractivity contribution in [2.75, 3.05) is 7.11 Å². The Kier molecular flexibility index (Phi) is 5.93. The second kappa shape index (κ2) is 8.14. The number of hydrogen-bond acceptors (Lipinski definition) is 6. The van der Waals surface area contributed by atoms with Gasteiger partial charge < -0.3 is 19.9 Å². The maximum absolute atomic E-state index is 11.9. The number of carbonyl (C=O) groups excluding carboxylic acids is 1. The Hall–Kier alpha value is -2.61. The van der Waals surface area contributed by atoms with Crippen LogP contribution in [0, 0.1) is 0 Å². The lowest BCUT2D eigenvalue weighted by molar-refractivity contribution is -0.137. The number of carbonyl (C=O) groups is 2. The fourth-order valence-electron chi connectivity index (χ4n) is 1.84. The third-order valence-electron chi connectivity index (χ3n) is 2.94. The van der Waals surface area contributed by atoms with Crippen LogP contribution in [0.2, 0.25) is 0 Å². The summed E-state index contributed by atoms with van der Waals surface area (Å²) in [4.78, 5) is 23.4. The average Bonchev–Trinajstić information content (AvgIpc) is 3.02. The molecule has 1 aromatic carbocycles. The predicted molar refractivity (Wildman–Crippen MR) is 83.4 cm³/mol. The summed E-state index contributed by atoms with van der Waals surface area (Å²) in [5, 5.41) is 11.5. The van der Waals surface area contributed by atoms with E-state index in [1.54, 1.807) is 6.07 Å². The van der Waals surface area contributed by atoms with E-state index in [1.165, 1.54) is 7.11 Å². The highest BCUT2D eigenvalue weighted by molar-refractivity contribution is 7.06. The minimum atomic E-state index is -1.04. The van der Waals surface area contributed by atoms with Gasteiger partial charge in [0, 0.05) is 6.07 Å². The zero-order chi connectivity index (χ0) is 16.7. The molecule has 0 saturated heterocycles. The molecule has 0 radical (unpaired) electrons. The van der Waals surface area contributed by atoms with Crippen molar-refractivity contribution in [2.45, 2.75) is 19.1 Å². The summed E-state index contributed by atoms with van der Waals surface area (Å²) in [6.07, 6.45) is -0.960. The molecular formula is C15H16N2O5S. The van der Waals surface area contributed by atoms with Gasteiger partial charge in [-0.1, -0.05) is 30.3 Å². The Bertz CT molecular complexity index is 659. The van der Waals surface area contributed by atoms with Crippen molar-refractivity contribution in [3.8, 4) is 5.88 Å². The van der Waals surface area contributed by atoms with Gasteiger partial charge in [0.05, 0.1) is 24.4 Å². The number of rotatable bonds is 7. The maximum atomic E-state index is 11.9. The first-order valence-electron chi connectivity index (χ1n) is 6.78. The van der Waals surface area contributed by atoms with Crippen LogP contribution >= 0.6 is 11.5 Å². The number of aromatic nitrogens is 1. The van der Waals surface area contributed by atoms with Crippen molar-refractivity contribution in [1.82, 2.24) is 9.69 Å². The largest absolute Gasteiger partial charge is 0.481 e. The molecular weight excluding hydrogens is 320 g/mol. The number of aliphatic carboxylic acids is 1. The summed E-state index contributed by atoms with van der Waals surface area (Å²) in [7, 11) is 1.46. The van der Waals surface area contributed by atoms with Crippen LogP contribution in [0.15, 0.2) is 36.4 Å². The van der Waals surface area contributed by atoms with Gasteiger partial charge in [-0.25, -0.2) is 4.79 Å². The topological polar surface area (TPSA) is 97.8 Å². The van der Waals surface area contributed by atoms with E-state index in [9.17, 15) is 9.59 Å². The fraction of sp³-hybridized carbons (Fsp3) is 0.267. The molecule has 0 saturated carbocycles. The number of carboxylic acid groups (broad SMARTS) is 1. The molecule has 1 atom stereocenters. The van der Waals surface area contributed by atoms with E-state index in [0.29, 0.717) is 10.8 Å². The summed E-state index contributed by atoms with van der Waals surface area (Å²) < 4.78 is 14.1. The van der Waals surface area contributed by atoms with Gasteiger partial charge in [0.25, 0.3) is 0 Å². The van der Waals surface area contributed by atoms with Crippen LogP contribution in [-0.2, 0) is 16.1 Å². The second-order valence-electron chi connectivity index (χ2n) is 4.63. The molecule has 0 spiro atoms. The molecule has 122 valence electrons. The van der Waals surface area contributed by atoms with Crippen LogP contribution in [0.1, 0.15) is 22.9 Å². The summed E-state index contributed by atoms with van der Waals surface area (Å²) in [6.45, 7) is 0.110. The van der Waals surface area contributed by atoms with Crippen molar-refractivity contribution in [2.24, 2.45) is 0 Å². The van der Waals surface area contributed by atoms with Crippen molar-refractivity contribution >= 4 is 23.6 Å². The number of ether oxygens (including phenoxy) is 2. The fourth-order valence-corrected chi connectivity index (χ4v) is 2.58. The van der Waals surface area contributed by atoms with Crippen molar-refractivity contribution in [3.05, 3.63) is 46.8 Å². The predicted octanol–water partition coefficient (Wildman–Crippen LogP) is 2.59. The highest BCUT2D eigenvalue weighted by Gasteiger charge is 2.21. The molecule has 1 aromatic heterocycles. The number of alkyl carbamates (subject to hydrolysis) is 1. The molecule has 7 nitrogen and oxygen atoms in total. The zero-order valence-electron chi connectivity index (χ0n) is 12.4. The van der Waals surface area contributed by atoms with E-state index in [1.807, 2.05) is 30.3 Å². The van der Waals surface area contributed by atoms with Crippen LogP contribution in [0.3, 0.4) is 0 Å². The molecule has 23 heavy (non-hydrogen) atoms. The van der Waals surface area contributed by atoms with Crippen molar-refractivity contribution in [1.29, 1.82) is 0 Å². The van der Waals surface area contributed by atoms with E-state index >= 15 is 0 Å². The van der Waals surface area contributed by atoms with Gasteiger partial charge in [0.2, 0.25) is 5.88 Å². The summed E-state index contributed by atoms with van der Waals surface area (Å²) in [5.41, 5.74) is 0.844. The summed E-state index contributed by atoms with van der Waals surface area (Å²) in [5.74, 6) is -0.662. The molecule has 0 aliphatic heterocycles. The Balaban J connectivity index is 1.96. The molecule has 0 bridgehead atoms. The van der Waals surface area contributed by atoms with Crippen molar-refractivity contribution in [3.63, 3.8) is 0 Å². The smallest absolute Gasteiger partial charge is 0.407 e. The van der Waals surface area contributed by atoms with Crippen LogP contribution in [0.5, 0.6) is 5.88 Å². The zero-order valence-corrected chi connectivity index (χ0v) is 13.2. The lowest BCUT2D eigenvalue weighted by atomic mass is 10.2. The van der Waals surface area contributed by atoms with Gasteiger partial charge in [-0.15, -0.1) is 0 Å². The number of nitrogens with zero attached hydrogens (tertiary/aromatic N) is 1. The lowest BCUT2D eigenvalue weighted by Gasteiger charge is -2.15. The molecule has 1 heterocycles. The van der Waals surface area contributed by atoms with Crippen LogP contribution in [-0.4, -0.2) is 28.7 Å². The minimum absolute atomic E-state index is 0.110. The highest BCUT2D eigenvalue weighted by atomic mass is 32.1. The molecule has 1 unspecified atom stereocenters. The Labute approximate surface area is 137 Å². The minimum Gasteiger partial charge on any atom is -0.481 e. The average molecular weight is 336 g/mol. The molecule has 1 amide bonds. The summed E-state index contributed by atoms with van der Waals surface area (Å²) >= 11 is 1.07. The standard InChI is InChI=1S/C15H16N2O5S/c1-21-13-8-12(23-17-13)11(7-14(18)19)16-15(20)22-9-10-5-3-2-4-6-10/h2-6,8,11H,7,9H2,1H3,(H,16,20)(H,18,19). The van der Waals surface area contributed by atoms with E-state index in [2.05, 4.69) is 9.69 Å². The molecule has 0 aliphatic carbocycles. The van der Waals surface area contributed by atoms with Crippen LogP contribution in [0.4, 0.5) is 4.79 Å². The van der Waals surface area contributed by atoms with Gasteiger partial charge in [-0.05, 0) is 17.1 Å². The highest BCUT2D eigenvalue weighted by Crippen LogP contribution is 2.25. The van der Waals surface area contributed by atoms with Gasteiger partial charge >= 0.3 is 12.1 Å². The first kappa shape index (κ1) is 16.8. The Morgan fingerprint density at radius 2 is 2.09 bits per heavy atom. The quantitative estimate of drug-likeness (QED) is 0.806. The first-order valence-corrected chi connectivity index (χ1v) is 7.55. The molecule has 2 rings (SSSR count). The third-order valence-corrected chi connectivity index (χ3v) is 3.83. The number of nitrogens with one attached hydrogen (secondary N) is 1. The Morgan fingerprint density at radius 3 is 2.70 bits per heavy atom. The first-order chi connectivity index (χ1) is 11.1. The molecule has 8 heteroatoms. The van der Waals surface area contributed by atoms with Gasteiger partial charge in [-0.3, -0.25) is 4.79 Å². The molecule has 0 fully saturated rings. The number of carboxylic acids is 1. The number of methoxy groups -OCH3 is 1. The van der Waals surface area contributed by atoms with Gasteiger partial charge in [0.1, 0.15) is 6.61 Å². The molecule has 2 aromatic rings. The van der Waals surface area contributed by atoms with E-state index in [-0.39, 0.29) is 13.0 Å². The molecule has 2 N–H and O–H groups in total. The lowest BCUT2D eigenvalue weighted by Crippen LogP contribution is -2.30. The molecule has 0 aliphatic rings. The van der Waals surface area contributed by atoms with E-state index in [4.69, 9.17) is 14.6 Å². The van der Waals surface area contributed by atoms with Crippen LogP contribution in [0.25, 0.3) is 0 Å². The monoisotopic (exact) mass is 336 g/mol. The SMILES string of the molecule is COc1cc(C(CC(=O)O)NC(=O)OCc2ccccc2)sn1. The van der Waals surface area contributed by atoms with Gasteiger partial charge in [-0.2, -0.15) is 4.37 Å². The third kappa shape index (κ3) is 5.26. The van der Waals surface area contributed by atoms with Crippen LogP contribution < -0.4 is 10.1 Å². The normalized spacial score (nSPS) is 11.5. The maximum Gasteiger partial charge on any atom is 0.407 e. The summed E-state index contributed by atoms with van der Waals surface area (Å²) in [6, 6.07) is 10.1. The number of amides is 1. The van der Waals surface area contributed by atoms with Crippen molar-refractivity contribution < 1.29 is 24.2 Å². The van der Waals surface area contributed by atoms with Gasteiger partial charge in [0.15, 0.2) is 0 Å². The Morgan fingerprint density at radius 1 is 1.35 bits per heavy atom. The second-order valence-corrected chi connectivity index (χ2v) is 5.46. The number of benzene rings is 1.